The van der Waals surface area contributed by atoms with Gasteiger partial charge in [-0.25, -0.2) is 0 Å². The molecule has 4 rings (SSSR count). The second-order valence-corrected chi connectivity index (χ2v) is 5.55. The maximum atomic E-state index is 3.45. The van der Waals surface area contributed by atoms with Gasteiger partial charge in [-0.1, -0.05) is 42.5 Å². The molecule has 0 spiro atoms. The molecule has 1 aliphatic carbocycles. The lowest BCUT2D eigenvalue weighted by molar-refractivity contribution is 0.566. The Hall–Kier alpha value is -2.06. The first-order valence-corrected chi connectivity index (χ1v) is 7.20. The molecular weight excluding hydrogens is 244 g/mol. The Bertz CT molecular complexity index is 757. The highest BCUT2D eigenvalue weighted by molar-refractivity contribution is 5.84. The summed E-state index contributed by atoms with van der Waals surface area (Å²) in [6.07, 6.45) is 3.32. The molecule has 0 fully saturated rings. The maximum absolute atomic E-state index is 3.45. The smallest absolute Gasteiger partial charge is 0.0457 e. The number of hydrogen-bond donors (Lipinski definition) is 2. The van der Waals surface area contributed by atoms with Crippen molar-refractivity contribution < 1.29 is 0 Å². The molecular formula is C18H18N2. The van der Waals surface area contributed by atoms with Gasteiger partial charge in [-0.15, -0.1) is 0 Å². The van der Waals surface area contributed by atoms with Crippen LogP contribution in [0.2, 0.25) is 0 Å². The zero-order valence-electron chi connectivity index (χ0n) is 11.6. The average molecular weight is 262 g/mol. The van der Waals surface area contributed by atoms with Gasteiger partial charge in [-0.3, -0.25) is 0 Å². The van der Waals surface area contributed by atoms with Crippen LogP contribution in [0.15, 0.2) is 54.7 Å². The highest BCUT2D eigenvalue weighted by Gasteiger charge is 2.31. The second kappa shape index (κ2) is 4.50. The van der Waals surface area contributed by atoms with E-state index in [1.165, 1.54) is 27.6 Å². The van der Waals surface area contributed by atoms with E-state index in [4.69, 9.17) is 0 Å². The zero-order valence-corrected chi connectivity index (χ0v) is 11.6. The molecule has 0 amide bonds. The number of nitrogens with one attached hydrogen (secondary N) is 2. The third kappa shape index (κ3) is 1.61. The SMILES string of the molecule is CNC1CC(c2c[nH]c3ccccc23)c2ccccc21. The average Bonchev–Trinajstić information content (AvgIpc) is 3.08. The predicted octanol–water partition coefficient (Wildman–Crippen LogP) is 3.96. The van der Waals surface area contributed by atoms with Gasteiger partial charge < -0.3 is 10.3 Å². The molecule has 2 unspecified atom stereocenters. The molecule has 0 radical (unpaired) electrons. The Labute approximate surface area is 118 Å². The Balaban J connectivity index is 1.88. The molecule has 1 heterocycles. The standard InChI is InChI=1S/C18H18N2/c1-19-18-10-15(12-6-2-3-7-13(12)18)16-11-20-17-9-5-4-8-14(16)17/h2-9,11,15,18-20H,10H2,1H3. The summed E-state index contributed by atoms with van der Waals surface area (Å²) in [4.78, 5) is 3.41. The van der Waals surface area contributed by atoms with Crippen molar-refractivity contribution in [3.63, 3.8) is 0 Å². The topological polar surface area (TPSA) is 27.8 Å². The normalized spacial score (nSPS) is 21.2. The highest BCUT2D eigenvalue weighted by Crippen LogP contribution is 2.45. The van der Waals surface area contributed by atoms with Crippen molar-refractivity contribution in [2.45, 2.75) is 18.4 Å². The minimum absolute atomic E-state index is 0.463. The van der Waals surface area contributed by atoms with Gasteiger partial charge in [-0.05, 0) is 36.2 Å². The van der Waals surface area contributed by atoms with Crippen molar-refractivity contribution in [3.05, 3.63) is 71.4 Å². The molecule has 0 bridgehead atoms. The largest absolute Gasteiger partial charge is 0.361 e. The number of aromatic nitrogens is 1. The van der Waals surface area contributed by atoms with Crippen LogP contribution in [-0.2, 0) is 0 Å². The van der Waals surface area contributed by atoms with Crippen molar-refractivity contribution >= 4 is 10.9 Å². The Morgan fingerprint density at radius 3 is 2.55 bits per heavy atom. The lowest BCUT2D eigenvalue weighted by Crippen LogP contribution is -2.13. The van der Waals surface area contributed by atoms with E-state index in [9.17, 15) is 0 Å². The minimum Gasteiger partial charge on any atom is -0.361 e. The van der Waals surface area contributed by atoms with Crippen LogP contribution in [0.4, 0.5) is 0 Å². The monoisotopic (exact) mass is 262 g/mol. The number of H-pyrrole nitrogens is 1. The lowest BCUT2D eigenvalue weighted by Gasteiger charge is -2.11. The quantitative estimate of drug-likeness (QED) is 0.718. The van der Waals surface area contributed by atoms with E-state index < -0.39 is 0 Å². The van der Waals surface area contributed by atoms with E-state index >= 15 is 0 Å². The summed E-state index contributed by atoms with van der Waals surface area (Å²) in [5.41, 5.74) is 5.57. The fourth-order valence-electron chi connectivity index (χ4n) is 3.59. The molecule has 20 heavy (non-hydrogen) atoms. The van der Waals surface area contributed by atoms with Gasteiger partial charge in [0.25, 0.3) is 0 Å². The Morgan fingerprint density at radius 1 is 0.950 bits per heavy atom. The minimum atomic E-state index is 0.463. The summed E-state index contributed by atoms with van der Waals surface area (Å²) in [6, 6.07) is 17.9. The van der Waals surface area contributed by atoms with Gasteiger partial charge in [0.05, 0.1) is 0 Å². The molecule has 2 N–H and O–H groups in total. The first-order valence-electron chi connectivity index (χ1n) is 7.20. The Kier molecular flexibility index (Phi) is 2.64. The van der Waals surface area contributed by atoms with Gasteiger partial charge in [-0.2, -0.15) is 0 Å². The van der Waals surface area contributed by atoms with Gasteiger partial charge in [0, 0.05) is 29.1 Å². The molecule has 0 saturated carbocycles. The van der Waals surface area contributed by atoms with Crippen LogP contribution in [0, 0.1) is 0 Å². The first-order chi connectivity index (χ1) is 9.88. The number of fused-ring (bicyclic) bond motifs is 2. The van der Waals surface area contributed by atoms with Crippen LogP contribution in [0.25, 0.3) is 10.9 Å². The summed E-state index contributed by atoms with van der Waals surface area (Å²) in [6.45, 7) is 0. The fourth-order valence-corrected chi connectivity index (χ4v) is 3.59. The number of aromatic amines is 1. The molecule has 0 aliphatic heterocycles. The number of rotatable bonds is 2. The third-order valence-electron chi connectivity index (χ3n) is 4.56. The van der Waals surface area contributed by atoms with Crippen molar-refractivity contribution in [2.24, 2.45) is 0 Å². The number of para-hydroxylation sites is 1. The van der Waals surface area contributed by atoms with Gasteiger partial charge in [0.15, 0.2) is 0 Å². The molecule has 2 nitrogen and oxygen atoms in total. The van der Waals surface area contributed by atoms with Crippen LogP contribution < -0.4 is 5.32 Å². The summed E-state index contributed by atoms with van der Waals surface area (Å²) in [5.74, 6) is 0.486. The van der Waals surface area contributed by atoms with Gasteiger partial charge in [0.1, 0.15) is 0 Å². The molecule has 100 valence electrons. The van der Waals surface area contributed by atoms with Gasteiger partial charge in [0.2, 0.25) is 0 Å². The number of benzene rings is 2. The van der Waals surface area contributed by atoms with E-state index in [-0.39, 0.29) is 0 Å². The van der Waals surface area contributed by atoms with Crippen molar-refractivity contribution in [3.8, 4) is 0 Å². The summed E-state index contributed by atoms with van der Waals surface area (Å²) in [7, 11) is 2.05. The maximum Gasteiger partial charge on any atom is 0.0457 e. The molecule has 2 atom stereocenters. The van der Waals surface area contributed by atoms with Crippen LogP contribution in [-0.4, -0.2) is 12.0 Å². The van der Waals surface area contributed by atoms with Crippen molar-refractivity contribution in [2.75, 3.05) is 7.05 Å². The molecule has 1 aliphatic rings. The third-order valence-corrected chi connectivity index (χ3v) is 4.56. The van der Waals surface area contributed by atoms with Crippen LogP contribution in [0.3, 0.4) is 0 Å². The van der Waals surface area contributed by atoms with Crippen LogP contribution >= 0.6 is 0 Å². The van der Waals surface area contributed by atoms with E-state index in [0.717, 1.165) is 6.42 Å². The van der Waals surface area contributed by atoms with E-state index in [1.54, 1.807) is 0 Å². The van der Waals surface area contributed by atoms with Crippen LogP contribution in [0.1, 0.15) is 35.1 Å². The zero-order chi connectivity index (χ0) is 13.5. The van der Waals surface area contributed by atoms with E-state index in [1.807, 2.05) is 0 Å². The van der Waals surface area contributed by atoms with Crippen molar-refractivity contribution in [1.29, 1.82) is 0 Å². The molecule has 2 aromatic carbocycles. The fraction of sp³-hybridized carbons (Fsp3) is 0.222. The summed E-state index contributed by atoms with van der Waals surface area (Å²) in [5, 5.41) is 4.80. The van der Waals surface area contributed by atoms with Gasteiger partial charge >= 0.3 is 0 Å². The van der Waals surface area contributed by atoms with E-state index in [0.29, 0.717) is 12.0 Å². The predicted molar refractivity (Wildman–Crippen MR) is 83.0 cm³/mol. The molecule has 1 aromatic heterocycles. The second-order valence-electron chi connectivity index (χ2n) is 5.55. The lowest BCUT2D eigenvalue weighted by atomic mass is 9.93. The van der Waals surface area contributed by atoms with Crippen LogP contribution in [0.5, 0.6) is 0 Å². The summed E-state index contributed by atoms with van der Waals surface area (Å²) >= 11 is 0. The van der Waals surface area contributed by atoms with E-state index in [2.05, 4.69) is 72.1 Å². The number of hydrogen-bond acceptors (Lipinski definition) is 1. The first kappa shape index (κ1) is 11.7. The summed E-state index contributed by atoms with van der Waals surface area (Å²) < 4.78 is 0. The molecule has 0 saturated heterocycles. The Morgan fingerprint density at radius 2 is 1.70 bits per heavy atom. The molecule has 3 aromatic rings. The molecule has 2 heteroatoms. The van der Waals surface area contributed by atoms with Crippen molar-refractivity contribution in [1.82, 2.24) is 10.3 Å². The highest BCUT2D eigenvalue weighted by atomic mass is 14.9.